The molecule has 2 aliphatic carbocycles. The van der Waals surface area contributed by atoms with Crippen molar-refractivity contribution < 1.29 is 48.0 Å². The average molecular weight is 475 g/mol. The summed E-state index contributed by atoms with van der Waals surface area (Å²) >= 11 is -0.679. The molecule has 0 saturated heterocycles. The molecule has 0 fully saturated rings. The van der Waals surface area contributed by atoms with Crippen LogP contribution in [0.5, 0.6) is 0 Å². The normalized spacial score (nSPS) is 21.6. The Morgan fingerprint density at radius 2 is 1.07 bits per heavy atom. The second-order valence-corrected chi connectivity index (χ2v) is 11.6. The molecule has 0 radical (unpaired) electrons. The summed E-state index contributed by atoms with van der Waals surface area (Å²) in [6.45, 7) is 9.56. The van der Waals surface area contributed by atoms with Gasteiger partial charge in [0.15, 0.2) is 0 Å². The summed E-state index contributed by atoms with van der Waals surface area (Å²) in [4.78, 5) is 0. The van der Waals surface area contributed by atoms with E-state index in [1.165, 1.54) is 12.8 Å². The molecule has 0 aromatic heterocycles. The molecule has 0 N–H and O–H groups in total. The SMILES string of the molecule is CC1=C(C)[CH]2[Zr+2][CH]3C(C)=C(C)c4c(cccc43)CCc3cccc2c31.[Cl-].[Cl-]. The Bertz CT molecular complexity index is 904. The number of aryl methyl sites for hydroxylation is 2. The molecule has 2 atom stereocenters. The van der Waals surface area contributed by atoms with E-state index in [4.69, 9.17) is 0 Å². The number of halogens is 2. The largest absolute Gasteiger partial charge is 1.00 e. The zero-order valence-corrected chi connectivity index (χ0v) is 20.3. The quantitative estimate of drug-likeness (QED) is 0.515. The van der Waals surface area contributed by atoms with Crippen LogP contribution in [0, 0.1) is 0 Å². The second kappa shape index (κ2) is 7.66. The smallest absolute Gasteiger partial charge is 1.00 e. The summed E-state index contributed by atoms with van der Waals surface area (Å²) in [6, 6.07) is 14.2. The molecule has 5 rings (SSSR count). The molecule has 0 saturated carbocycles. The van der Waals surface area contributed by atoms with Gasteiger partial charge in [-0.1, -0.05) is 0 Å². The fourth-order valence-corrected chi connectivity index (χ4v) is 10.4. The Kier molecular flexibility index (Phi) is 5.99. The zero-order chi connectivity index (χ0) is 17.3. The van der Waals surface area contributed by atoms with Gasteiger partial charge in [-0.3, -0.25) is 0 Å². The minimum absolute atomic E-state index is 0. The molecule has 0 spiro atoms. The van der Waals surface area contributed by atoms with Crippen molar-refractivity contribution in [3.05, 3.63) is 80.9 Å². The second-order valence-electron chi connectivity index (χ2n) is 7.91. The van der Waals surface area contributed by atoms with E-state index in [9.17, 15) is 0 Å². The van der Waals surface area contributed by atoms with E-state index in [1.807, 2.05) is 0 Å². The van der Waals surface area contributed by atoms with Crippen LogP contribution in [0.3, 0.4) is 0 Å². The van der Waals surface area contributed by atoms with E-state index in [-0.39, 0.29) is 24.8 Å². The van der Waals surface area contributed by atoms with E-state index in [0.29, 0.717) is 0 Å². The molecule has 138 valence electrons. The van der Waals surface area contributed by atoms with Gasteiger partial charge in [-0.25, -0.2) is 0 Å². The van der Waals surface area contributed by atoms with Crippen molar-refractivity contribution in [2.45, 2.75) is 47.8 Å². The van der Waals surface area contributed by atoms with E-state index < -0.39 is 23.2 Å². The van der Waals surface area contributed by atoms with E-state index in [1.54, 1.807) is 55.7 Å². The first-order chi connectivity index (χ1) is 12.1. The van der Waals surface area contributed by atoms with Crippen molar-refractivity contribution in [2.75, 3.05) is 0 Å². The van der Waals surface area contributed by atoms with Crippen molar-refractivity contribution in [3.8, 4) is 0 Å². The molecular weight excluding hydrogens is 450 g/mol. The maximum absolute atomic E-state index is 2.43. The molecule has 0 amide bonds. The summed E-state index contributed by atoms with van der Waals surface area (Å²) in [5, 5.41) is 0. The van der Waals surface area contributed by atoms with Crippen molar-refractivity contribution in [2.24, 2.45) is 0 Å². The molecule has 3 heteroatoms. The first-order valence-electron chi connectivity index (χ1n) is 9.43. The van der Waals surface area contributed by atoms with Gasteiger partial charge in [-0.15, -0.1) is 0 Å². The van der Waals surface area contributed by atoms with E-state index in [0.717, 1.165) is 7.25 Å². The van der Waals surface area contributed by atoms with Gasteiger partial charge in [0.2, 0.25) is 0 Å². The summed E-state index contributed by atoms with van der Waals surface area (Å²) in [7, 11) is 0. The van der Waals surface area contributed by atoms with Crippen LogP contribution in [0.4, 0.5) is 0 Å². The van der Waals surface area contributed by atoms with Crippen LogP contribution in [0.15, 0.2) is 47.5 Å². The molecule has 2 aromatic carbocycles. The molecule has 8 bridgehead atoms. The van der Waals surface area contributed by atoms with Gasteiger partial charge >= 0.3 is 163 Å². The maximum Gasteiger partial charge on any atom is -1.00 e. The molecule has 2 aromatic rings. The summed E-state index contributed by atoms with van der Waals surface area (Å²) in [6.07, 6.45) is 2.33. The number of allylic oxidation sites excluding steroid dienone is 4. The topological polar surface area (TPSA) is 0 Å². The Morgan fingerprint density at radius 3 is 1.48 bits per heavy atom. The van der Waals surface area contributed by atoms with Crippen LogP contribution in [0.1, 0.15) is 68.3 Å². The summed E-state index contributed by atoms with van der Waals surface area (Å²) < 4.78 is 1.50. The zero-order valence-electron chi connectivity index (χ0n) is 16.3. The Hall–Kier alpha value is -0.617. The van der Waals surface area contributed by atoms with E-state index in [2.05, 4.69) is 64.1 Å². The van der Waals surface area contributed by atoms with Gasteiger partial charge in [0.1, 0.15) is 0 Å². The first kappa shape index (κ1) is 21.1. The standard InChI is InChI=1S/C24H24.2ClH.Zr/c1-15-13-21-9-5-7-19(23(21)17(15)3)11-12-20-8-6-10-22-14-16(2)18(4)24(20)22;;;/h5-10,13-14H,11-12H2,1-4H3;2*1H;/q;;;+2/p-2. The summed E-state index contributed by atoms with van der Waals surface area (Å²) in [5.41, 5.74) is 16.2. The fourth-order valence-electron chi connectivity index (χ4n) is 5.21. The van der Waals surface area contributed by atoms with Crippen LogP contribution in [0.2, 0.25) is 0 Å². The van der Waals surface area contributed by atoms with Gasteiger partial charge in [-0.2, -0.15) is 0 Å². The molecule has 1 aliphatic heterocycles. The van der Waals surface area contributed by atoms with Crippen LogP contribution >= 0.6 is 0 Å². The van der Waals surface area contributed by atoms with Crippen molar-refractivity contribution in [3.63, 3.8) is 0 Å². The Balaban J connectivity index is 0.00000105. The van der Waals surface area contributed by atoms with Crippen LogP contribution in [-0.2, 0) is 36.1 Å². The van der Waals surface area contributed by atoms with Gasteiger partial charge in [0.25, 0.3) is 0 Å². The van der Waals surface area contributed by atoms with Crippen molar-refractivity contribution >= 4 is 11.1 Å². The van der Waals surface area contributed by atoms with Gasteiger partial charge < -0.3 is 24.8 Å². The maximum atomic E-state index is 2.43. The van der Waals surface area contributed by atoms with Crippen molar-refractivity contribution in [1.29, 1.82) is 0 Å². The minimum atomic E-state index is -0.679. The number of rotatable bonds is 0. The molecule has 1 heterocycles. The van der Waals surface area contributed by atoms with Crippen LogP contribution in [0.25, 0.3) is 11.1 Å². The Labute approximate surface area is 186 Å². The predicted octanol–water partition coefficient (Wildman–Crippen LogP) is 0.272. The average Bonchev–Trinajstić information content (AvgIpc) is 3.01. The molecule has 2 unspecified atom stereocenters. The Morgan fingerprint density at radius 1 is 0.667 bits per heavy atom. The number of hydrogen-bond acceptors (Lipinski definition) is 0. The van der Waals surface area contributed by atoms with Crippen LogP contribution < -0.4 is 24.8 Å². The third-order valence-corrected chi connectivity index (χ3v) is 12.1. The minimum Gasteiger partial charge on any atom is -1.00 e. The molecule has 27 heavy (non-hydrogen) atoms. The third-order valence-electron chi connectivity index (χ3n) is 6.78. The van der Waals surface area contributed by atoms with Gasteiger partial charge in [-0.05, 0) is 0 Å². The monoisotopic (exact) mass is 472 g/mol. The van der Waals surface area contributed by atoms with Crippen LogP contribution in [-0.4, -0.2) is 0 Å². The molecular formula is C24H24Cl2Zr. The van der Waals surface area contributed by atoms with E-state index >= 15 is 0 Å². The third kappa shape index (κ3) is 2.97. The van der Waals surface area contributed by atoms with Crippen molar-refractivity contribution in [1.82, 2.24) is 0 Å². The number of benzene rings is 2. The summed E-state index contributed by atoms with van der Waals surface area (Å²) in [5.74, 6) is 0. The predicted molar refractivity (Wildman–Crippen MR) is 102 cm³/mol. The van der Waals surface area contributed by atoms with Gasteiger partial charge in [0, 0.05) is 0 Å². The molecule has 3 aliphatic rings. The molecule has 0 nitrogen and oxygen atoms in total. The number of hydrogen-bond donors (Lipinski definition) is 0. The van der Waals surface area contributed by atoms with Gasteiger partial charge in [0.05, 0.1) is 0 Å². The fraction of sp³-hybridized carbons (Fsp3) is 0.333. The first-order valence-corrected chi connectivity index (χ1v) is 12.3.